The number of carbonyl (C=O) groups excluding carboxylic acids is 3. The Kier molecular flexibility index (Phi) is 7.61. The SMILES string of the molecule is C/C=C(\C)CNCc1cc(N(C)C)c2c(c1O)C(=O)C1=C(O)[C@]3(O)C(=O)C(C(N)=O)=C(O)[C@@H](N(C)C)[C@@H]3C[C@@H]1C2. The van der Waals surface area contributed by atoms with Crippen molar-refractivity contribution in [3.63, 3.8) is 0 Å². The van der Waals surface area contributed by atoms with Gasteiger partial charge in [-0.2, -0.15) is 0 Å². The van der Waals surface area contributed by atoms with Crippen LogP contribution in [0.1, 0.15) is 41.8 Å². The normalized spacial score (nSPS) is 26.6. The number of nitrogens with two attached hydrogens (primary N) is 1. The van der Waals surface area contributed by atoms with Gasteiger partial charge in [0, 0.05) is 49.9 Å². The fraction of sp³-hybridized carbons (Fsp3) is 0.483. The third-order valence-corrected chi connectivity index (χ3v) is 8.47. The van der Waals surface area contributed by atoms with Gasteiger partial charge in [-0.1, -0.05) is 11.6 Å². The van der Waals surface area contributed by atoms with Crippen molar-refractivity contribution in [2.24, 2.45) is 17.6 Å². The summed E-state index contributed by atoms with van der Waals surface area (Å²) in [6.07, 6.45) is 2.25. The summed E-state index contributed by atoms with van der Waals surface area (Å²) in [6.45, 7) is 4.75. The van der Waals surface area contributed by atoms with Crippen LogP contribution in [0.15, 0.2) is 40.4 Å². The summed E-state index contributed by atoms with van der Waals surface area (Å²) in [5, 5.41) is 48.7. The number of fused-ring (bicyclic) bond motifs is 3. The van der Waals surface area contributed by atoms with E-state index in [1.54, 1.807) is 14.1 Å². The third kappa shape index (κ3) is 4.29. The number of aliphatic hydroxyl groups is 3. The molecule has 1 aromatic carbocycles. The minimum atomic E-state index is -2.66. The Balaban J connectivity index is 1.90. The van der Waals surface area contributed by atoms with Gasteiger partial charge in [-0.05, 0) is 58.3 Å². The first-order valence-corrected chi connectivity index (χ1v) is 13.2. The number of phenols is 1. The summed E-state index contributed by atoms with van der Waals surface area (Å²) in [5.74, 6) is -6.58. The summed E-state index contributed by atoms with van der Waals surface area (Å²) in [5.41, 5.74) is 4.64. The third-order valence-electron chi connectivity index (χ3n) is 8.47. The van der Waals surface area contributed by atoms with Crippen LogP contribution in [0.2, 0.25) is 0 Å². The molecule has 0 aliphatic heterocycles. The molecule has 0 bridgehead atoms. The fourth-order valence-electron chi connectivity index (χ4n) is 6.38. The molecule has 0 saturated carbocycles. The Labute approximate surface area is 233 Å². The molecule has 0 saturated heterocycles. The molecule has 11 heteroatoms. The molecule has 7 N–H and O–H groups in total. The second-order valence-corrected chi connectivity index (χ2v) is 11.4. The highest BCUT2D eigenvalue weighted by molar-refractivity contribution is 6.24. The molecule has 4 atom stereocenters. The lowest BCUT2D eigenvalue weighted by Crippen LogP contribution is -2.63. The number of likely N-dealkylation sites (N-methyl/N-ethyl adjacent to an activating group) is 1. The second kappa shape index (κ2) is 10.4. The molecule has 0 aromatic heterocycles. The van der Waals surface area contributed by atoms with Gasteiger partial charge in [-0.15, -0.1) is 0 Å². The number of aliphatic hydroxyl groups excluding tert-OH is 2. The van der Waals surface area contributed by atoms with Crippen LogP contribution >= 0.6 is 0 Å². The number of amides is 1. The number of hydrogen-bond donors (Lipinski definition) is 6. The summed E-state index contributed by atoms with van der Waals surface area (Å²) >= 11 is 0. The highest BCUT2D eigenvalue weighted by Crippen LogP contribution is 2.53. The van der Waals surface area contributed by atoms with Crippen molar-refractivity contribution in [2.45, 2.75) is 44.9 Å². The molecule has 0 spiro atoms. The number of phenolic OH excluding ortho intramolecular Hbond substituents is 1. The smallest absolute Gasteiger partial charge is 0.255 e. The van der Waals surface area contributed by atoms with E-state index in [0.717, 1.165) is 11.3 Å². The van der Waals surface area contributed by atoms with E-state index in [-0.39, 0.29) is 36.3 Å². The summed E-state index contributed by atoms with van der Waals surface area (Å²) in [6, 6.07) is 0.800. The van der Waals surface area contributed by atoms with E-state index >= 15 is 0 Å². The standard InChI is InChI=1S/C29H38N4O7/c1-7-13(2)11-31-12-15-10-18(32(3)4)16-8-14-9-17-22(33(5)6)25(36)21(28(30)39)27(38)29(17,40)26(37)19(14)24(35)20(16)23(15)34/h7,10,14,17,22,31,34,36-37,40H,8-9,11-12H2,1-6H3,(H2,30,39)/b13-7+/t14-,17-,22-,29-/m0/s1. The molecule has 1 amide bonds. The second-order valence-electron chi connectivity index (χ2n) is 11.4. The molecular formula is C29H38N4O7. The molecule has 0 radical (unpaired) electrons. The van der Waals surface area contributed by atoms with Crippen LogP contribution in [0.4, 0.5) is 5.69 Å². The largest absolute Gasteiger partial charge is 0.510 e. The number of rotatable bonds is 7. The zero-order valence-corrected chi connectivity index (χ0v) is 23.7. The monoisotopic (exact) mass is 554 g/mol. The van der Waals surface area contributed by atoms with E-state index in [2.05, 4.69) is 5.32 Å². The van der Waals surface area contributed by atoms with Gasteiger partial charge in [-0.3, -0.25) is 19.3 Å². The van der Waals surface area contributed by atoms with Gasteiger partial charge in [-0.25, -0.2) is 0 Å². The molecule has 0 unspecified atom stereocenters. The lowest BCUT2D eigenvalue weighted by molar-refractivity contribution is -0.148. The fourth-order valence-corrected chi connectivity index (χ4v) is 6.38. The number of nitrogens with one attached hydrogen (secondary N) is 1. The number of hydrogen-bond acceptors (Lipinski definition) is 10. The molecule has 4 rings (SSSR count). The molecule has 1 aromatic rings. The Morgan fingerprint density at radius 3 is 2.40 bits per heavy atom. The van der Waals surface area contributed by atoms with Crippen molar-refractivity contribution in [3.8, 4) is 5.75 Å². The first-order valence-electron chi connectivity index (χ1n) is 13.2. The van der Waals surface area contributed by atoms with Crippen LogP contribution in [-0.4, -0.2) is 89.2 Å². The van der Waals surface area contributed by atoms with E-state index in [0.29, 0.717) is 17.7 Å². The number of carbonyl (C=O) groups is 3. The van der Waals surface area contributed by atoms with Crippen LogP contribution in [0.3, 0.4) is 0 Å². The van der Waals surface area contributed by atoms with Gasteiger partial charge in [0.2, 0.25) is 5.78 Å². The van der Waals surface area contributed by atoms with Crippen LogP contribution in [0, 0.1) is 11.8 Å². The number of allylic oxidation sites excluding steroid dienone is 2. The Morgan fingerprint density at radius 1 is 1.20 bits per heavy atom. The highest BCUT2D eigenvalue weighted by Gasteiger charge is 2.63. The minimum absolute atomic E-state index is 0.00605. The van der Waals surface area contributed by atoms with Crippen molar-refractivity contribution >= 4 is 23.2 Å². The van der Waals surface area contributed by atoms with Gasteiger partial charge in [0.25, 0.3) is 5.91 Å². The molecule has 11 nitrogen and oxygen atoms in total. The average Bonchev–Trinajstić information content (AvgIpc) is 2.86. The predicted octanol–water partition coefficient (Wildman–Crippen LogP) is 1.24. The van der Waals surface area contributed by atoms with Crippen molar-refractivity contribution in [3.05, 3.63) is 57.1 Å². The Morgan fingerprint density at radius 2 is 1.85 bits per heavy atom. The first kappa shape index (κ1) is 29.3. The number of ketones is 2. The average molecular weight is 555 g/mol. The maximum absolute atomic E-state index is 14.0. The van der Waals surface area contributed by atoms with Crippen molar-refractivity contribution in [2.75, 3.05) is 39.6 Å². The number of primary amides is 1. The lowest BCUT2D eigenvalue weighted by atomic mass is 9.58. The first-order chi connectivity index (χ1) is 18.7. The summed E-state index contributed by atoms with van der Waals surface area (Å²) < 4.78 is 0. The predicted molar refractivity (Wildman–Crippen MR) is 149 cm³/mol. The number of Topliss-reactive ketones (excluding diaryl/α,β-unsaturated/α-hetero) is 2. The maximum atomic E-state index is 14.0. The van der Waals surface area contributed by atoms with Gasteiger partial charge in [0.1, 0.15) is 22.8 Å². The lowest BCUT2D eigenvalue weighted by Gasteiger charge is -2.50. The molecule has 0 fully saturated rings. The van der Waals surface area contributed by atoms with Crippen LogP contribution in [-0.2, 0) is 22.6 Å². The topological polar surface area (TPSA) is 177 Å². The van der Waals surface area contributed by atoms with E-state index in [1.807, 2.05) is 45.0 Å². The zero-order chi connectivity index (χ0) is 29.8. The summed E-state index contributed by atoms with van der Waals surface area (Å²) in [7, 11) is 6.86. The van der Waals surface area contributed by atoms with Gasteiger partial charge >= 0.3 is 0 Å². The minimum Gasteiger partial charge on any atom is -0.510 e. The number of nitrogens with zero attached hydrogens (tertiary/aromatic N) is 2. The van der Waals surface area contributed by atoms with Crippen molar-refractivity contribution in [1.82, 2.24) is 10.2 Å². The molecule has 3 aliphatic carbocycles. The van der Waals surface area contributed by atoms with Crippen molar-refractivity contribution in [1.29, 1.82) is 0 Å². The number of anilines is 1. The van der Waals surface area contributed by atoms with E-state index in [9.17, 15) is 34.8 Å². The maximum Gasteiger partial charge on any atom is 0.255 e. The van der Waals surface area contributed by atoms with E-state index in [4.69, 9.17) is 5.73 Å². The number of benzene rings is 1. The van der Waals surface area contributed by atoms with Gasteiger partial charge < -0.3 is 36.4 Å². The van der Waals surface area contributed by atoms with Crippen LogP contribution in [0.5, 0.6) is 5.75 Å². The van der Waals surface area contributed by atoms with Crippen molar-refractivity contribution < 1.29 is 34.8 Å². The molecule has 0 heterocycles. The Hall–Kier alpha value is -3.67. The van der Waals surface area contributed by atoms with E-state index < -0.39 is 58.0 Å². The van der Waals surface area contributed by atoms with Gasteiger partial charge in [0.05, 0.1) is 11.6 Å². The molecule has 3 aliphatic rings. The van der Waals surface area contributed by atoms with E-state index in [1.165, 1.54) is 4.90 Å². The molecular weight excluding hydrogens is 516 g/mol. The highest BCUT2D eigenvalue weighted by atomic mass is 16.3. The van der Waals surface area contributed by atoms with Gasteiger partial charge in [0.15, 0.2) is 11.4 Å². The molecule has 216 valence electrons. The van der Waals surface area contributed by atoms with Crippen LogP contribution in [0.25, 0.3) is 0 Å². The molecule has 40 heavy (non-hydrogen) atoms. The van der Waals surface area contributed by atoms with Crippen LogP contribution < -0.4 is 16.0 Å². The zero-order valence-electron chi connectivity index (χ0n) is 23.7. The Bertz CT molecular complexity index is 1390. The quantitative estimate of drug-likeness (QED) is 0.212. The number of aromatic hydroxyl groups is 1. The summed E-state index contributed by atoms with van der Waals surface area (Å²) in [4.78, 5) is 43.0.